The number of carbonyl (C=O) groups excluding carboxylic acids is 1. The molecule has 33 heavy (non-hydrogen) atoms. The fourth-order valence-corrected chi connectivity index (χ4v) is 4.36. The van der Waals surface area contributed by atoms with Crippen molar-refractivity contribution in [3.63, 3.8) is 0 Å². The van der Waals surface area contributed by atoms with E-state index in [4.69, 9.17) is 9.47 Å². The quantitative estimate of drug-likeness (QED) is 0.512. The number of rotatable bonds is 7. The molecule has 8 nitrogen and oxygen atoms in total. The van der Waals surface area contributed by atoms with Gasteiger partial charge >= 0.3 is 6.03 Å². The van der Waals surface area contributed by atoms with Crippen molar-refractivity contribution < 1.29 is 24.5 Å². The third kappa shape index (κ3) is 6.31. The number of carbonyl (C=O) groups is 1. The van der Waals surface area contributed by atoms with E-state index < -0.39 is 6.29 Å². The number of likely N-dealkylation sites (tertiary alicyclic amines) is 1. The molecule has 178 valence electrons. The van der Waals surface area contributed by atoms with Gasteiger partial charge in [0, 0.05) is 43.9 Å². The van der Waals surface area contributed by atoms with Gasteiger partial charge in [-0.2, -0.15) is 0 Å². The summed E-state index contributed by atoms with van der Waals surface area (Å²) >= 11 is 0. The summed E-state index contributed by atoms with van der Waals surface area (Å²) in [6.07, 6.45) is 0.480. The van der Waals surface area contributed by atoms with Crippen LogP contribution in [0.1, 0.15) is 48.8 Å². The molecule has 0 radical (unpaired) electrons. The van der Waals surface area contributed by atoms with Crippen LogP contribution in [0.5, 0.6) is 0 Å². The Morgan fingerprint density at radius 1 is 1.09 bits per heavy atom. The van der Waals surface area contributed by atoms with Gasteiger partial charge in [-0.1, -0.05) is 36.4 Å². The topological polar surface area (TPSA) is 103 Å². The zero-order valence-electron chi connectivity index (χ0n) is 18.9. The Balaban J connectivity index is 1.49. The van der Waals surface area contributed by atoms with Crippen LogP contribution in [0.2, 0.25) is 0 Å². The molecule has 4 unspecified atom stereocenters. The SMILES string of the molecule is CCNC(=O)Nc1ccc(C2OC(CN3CCC(O)C3)CC(c3ccc(CO)cc3)O2)cc1. The highest BCUT2D eigenvalue weighted by Crippen LogP contribution is 2.38. The van der Waals surface area contributed by atoms with Crippen molar-refractivity contribution in [3.05, 3.63) is 65.2 Å². The normalized spacial score (nSPS) is 25.7. The second-order valence-corrected chi connectivity index (χ2v) is 8.66. The van der Waals surface area contributed by atoms with E-state index in [1.54, 1.807) is 0 Å². The molecule has 0 aliphatic carbocycles. The molecule has 4 atom stereocenters. The fraction of sp³-hybridized carbons (Fsp3) is 0.480. The Bertz CT molecular complexity index is 905. The third-order valence-electron chi connectivity index (χ3n) is 6.10. The number of urea groups is 1. The molecule has 2 fully saturated rings. The molecule has 0 saturated carbocycles. The molecule has 2 amide bonds. The number of nitrogens with one attached hydrogen (secondary N) is 2. The van der Waals surface area contributed by atoms with E-state index >= 15 is 0 Å². The Morgan fingerprint density at radius 3 is 2.45 bits per heavy atom. The van der Waals surface area contributed by atoms with Gasteiger partial charge in [-0.15, -0.1) is 0 Å². The van der Waals surface area contributed by atoms with Crippen LogP contribution in [0.3, 0.4) is 0 Å². The number of benzene rings is 2. The molecule has 2 aliphatic heterocycles. The van der Waals surface area contributed by atoms with Gasteiger partial charge < -0.3 is 30.3 Å². The van der Waals surface area contributed by atoms with Gasteiger partial charge in [0.2, 0.25) is 0 Å². The molecule has 0 aromatic heterocycles. The molecular formula is C25H33N3O5. The molecule has 2 aromatic rings. The molecule has 2 aromatic carbocycles. The summed E-state index contributed by atoms with van der Waals surface area (Å²) in [7, 11) is 0. The fourth-order valence-electron chi connectivity index (χ4n) is 4.36. The van der Waals surface area contributed by atoms with Crippen molar-refractivity contribution in [2.24, 2.45) is 0 Å². The second-order valence-electron chi connectivity index (χ2n) is 8.66. The van der Waals surface area contributed by atoms with Crippen molar-refractivity contribution in [1.29, 1.82) is 0 Å². The van der Waals surface area contributed by atoms with Gasteiger partial charge in [0.25, 0.3) is 0 Å². The van der Waals surface area contributed by atoms with Crippen molar-refractivity contribution in [2.75, 3.05) is 31.5 Å². The predicted octanol–water partition coefficient (Wildman–Crippen LogP) is 2.93. The molecule has 8 heteroatoms. The number of β-amino-alcohol motifs (C(OH)–C–C–N with tert-alkyl or cyclic N) is 1. The van der Waals surface area contributed by atoms with E-state index in [1.807, 2.05) is 55.5 Å². The summed E-state index contributed by atoms with van der Waals surface area (Å²) in [6.45, 7) is 4.70. The van der Waals surface area contributed by atoms with Crippen molar-refractivity contribution in [1.82, 2.24) is 10.2 Å². The first-order valence-corrected chi connectivity index (χ1v) is 11.6. The number of amides is 2. The van der Waals surface area contributed by atoms with E-state index in [0.29, 0.717) is 25.2 Å². The molecule has 0 spiro atoms. The predicted molar refractivity (Wildman–Crippen MR) is 125 cm³/mol. The van der Waals surface area contributed by atoms with E-state index in [0.717, 1.165) is 36.2 Å². The van der Waals surface area contributed by atoms with Crippen LogP contribution >= 0.6 is 0 Å². The van der Waals surface area contributed by atoms with Gasteiger partial charge in [0.1, 0.15) is 0 Å². The van der Waals surface area contributed by atoms with Crippen LogP contribution in [0.4, 0.5) is 10.5 Å². The van der Waals surface area contributed by atoms with E-state index in [1.165, 1.54) is 0 Å². The Kier molecular flexibility index (Phi) is 7.95. The number of nitrogens with zero attached hydrogens (tertiary/aromatic N) is 1. The maximum Gasteiger partial charge on any atom is 0.319 e. The van der Waals surface area contributed by atoms with Crippen LogP contribution in [-0.2, 0) is 16.1 Å². The summed E-state index contributed by atoms with van der Waals surface area (Å²) in [6, 6.07) is 15.1. The average Bonchev–Trinajstić information content (AvgIpc) is 3.24. The summed E-state index contributed by atoms with van der Waals surface area (Å²) < 4.78 is 12.7. The summed E-state index contributed by atoms with van der Waals surface area (Å²) in [5.74, 6) is 0. The largest absolute Gasteiger partial charge is 0.392 e. The highest BCUT2D eigenvalue weighted by Gasteiger charge is 2.34. The molecular weight excluding hydrogens is 422 g/mol. The van der Waals surface area contributed by atoms with Crippen molar-refractivity contribution in [3.8, 4) is 0 Å². The summed E-state index contributed by atoms with van der Waals surface area (Å²) in [4.78, 5) is 14.0. The highest BCUT2D eigenvalue weighted by molar-refractivity contribution is 5.89. The molecule has 2 saturated heterocycles. The minimum atomic E-state index is -0.544. The average molecular weight is 456 g/mol. The van der Waals surface area contributed by atoms with Gasteiger partial charge in [-0.25, -0.2) is 4.79 Å². The summed E-state index contributed by atoms with van der Waals surface area (Å²) in [5.41, 5.74) is 3.47. The maximum atomic E-state index is 11.8. The van der Waals surface area contributed by atoms with E-state index in [-0.39, 0.29) is 30.9 Å². The van der Waals surface area contributed by atoms with Gasteiger partial charge in [-0.05, 0) is 36.6 Å². The van der Waals surface area contributed by atoms with Gasteiger partial charge in [-0.3, -0.25) is 4.90 Å². The minimum Gasteiger partial charge on any atom is -0.392 e. The smallest absolute Gasteiger partial charge is 0.319 e. The monoisotopic (exact) mass is 455 g/mol. The Labute approximate surface area is 194 Å². The Morgan fingerprint density at radius 2 is 1.82 bits per heavy atom. The van der Waals surface area contributed by atoms with Crippen LogP contribution in [0, 0.1) is 0 Å². The number of ether oxygens (including phenoxy) is 2. The van der Waals surface area contributed by atoms with Crippen LogP contribution in [0.15, 0.2) is 48.5 Å². The highest BCUT2D eigenvalue weighted by atomic mass is 16.7. The molecule has 4 rings (SSSR count). The molecule has 2 heterocycles. The van der Waals surface area contributed by atoms with Crippen LogP contribution in [-0.4, -0.2) is 59.5 Å². The van der Waals surface area contributed by atoms with E-state index in [2.05, 4.69) is 15.5 Å². The van der Waals surface area contributed by atoms with Crippen molar-refractivity contribution >= 4 is 11.7 Å². The Hall–Kier alpha value is -2.49. The lowest BCUT2D eigenvalue weighted by Crippen LogP contribution is -2.38. The number of anilines is 1. The first-order valence-electron chi connectivity index (χ1n) is 11.6. The van der Waals surface area contributed by atoms with Crippen LogP contribution in [0.25, 0.3) is 0 Å². The lowest BCUT2D eigenvalue weighted by atomic mass is 9.99. The van der Waals surface area contributed by atoms with Crippen LogP contribution < -0.4 is 10.6 Å². The molecule has 2 aliphatic rings. The zero-order valence-corrected chi connectivity index (χ0v) is 18.9. The molecule has 4 N–H and O–H groups in total. The van der Waals surface area contributed by atoms with Gasteiger partial charge in [0.15, 0.2) is 6.29 Å². The lowest BCUT2D eigenvalue weighted by Gasteiger charge is -2.37. The number of aliphatic hydroxyl groups is 2. The second kappa shape index (κ2) is 11.1. The summed E-state index contributed by atoms with van der Waals surface area (Å²) in [5, 5.41) is 24.8. The maximum absolute atomic E-state index is 11.8. The van der Waals surface area contributed by atoms with Gasteiger partial charge in [0.05, 0.1) is 24.9 Å². The third-order valence-corrected chi connectivity index (χ3v) is 6.10. The lowest BCUT2D eigenvalue weighted by molar-refractivity contribution is -0.252. The number of hydrogen-bond donors (Lipinski definition) is 4. The molecule has 0 bridgehead atoms. The zero-order chi connectivity index (χ0) is 23.2. The number of aliphatic hydroxyl groups excluding tert-OH is 2. The first kappa shape index (κ1) is 23.7. The standard InChI is InChI=1S/C25H33N3O5/c1-2-26-25(31)27-20-9-7-19(8-10-20)24-32-22(15-28-12-11-21(30)14-28)13-23(33-24)18-5-3-17(16-29)4-6-18/h3-10,21-24,29-30H,2,11-16H2,1H3,(H2,26,27,31). The number of hydrogen-bond acceptors (Lipinski definition) is 6. The van der Waals surface area contributed by atoms with E-state index in [9.17, 15) is 15.0 Å². The minimum absolute atomic E-state index is 0.00805. The first-order chi connectivity index (χ1) is 16.0. The van der Waals surface area contributed by atoms with Crippen molar-refractivity contribution in [2.45, 2.75) is 51.0 Å².